The van der Waals surface area contributed by atoms with Crippen LogP contribution in [0.3, 0.4) is 0 Å². The zero-order valence-electron chi connectivity index (χ0n) is 22.6. The number of alkyl carbamates (subject to hydrolysis) is 1. The van der Waals surface area contributed by atoms with Crippen molar-refractivity contribution >= 4 is 45.0 Å². The van der Waals surface area contributed by atoms with E-state index in [2.05, 4.69) is 30.9 Å². The van der Waals surface area contributed by atoms with E-state index >= 15 is 0 Å². The van der Waals surface area contributed by atoms with Crippen LogP contribution in [0.25, 0.3) is 5.78 Å². The molecule has 1 aliphatic carbocycles. The molecule has 0 saturated heterocycles. The van der Waals surface area contributed by atoms with Gasteiger partial charge in [-0.05, 0) is 57.4 Å². The molecule has 1 saturated carbocycles. The minimum absolute atomic E-state index is 0.179. The number of carbonyl (C=O) groups is 1. The number of hydrogen-bond donors (Lipinski definition) is 3. The summed E-state index contributed by atoms with van der Waals surface area (Å²) in [4.78, 5) is 27.1. The SMILES string of the molecule is CN(CCNC(=O)OC(C)(C)C)c1ccc(Nc2nc(NC3CC3)n3cc(C#N)nc3n2)cc1CS(C)(=O)=O. The van der Waals surface area contributed by atoms with E-state index in [1.807, 2.05) is 24.1 Å². The lowest BCUT2D eigenvalue weighted by Crippen LogP contribution is -2.37. The van der Waals surface area contributed by atoms with Crippen molar-refractivity contribution in [1.29, 1.82) is 5.26 Å². The standard InChI is InChI=1S/C25H33N9O4S/c1-25(2,3)38-24(35)27-10-11-33(4)20-9-8-18(12-16(20)15-39(5,36)37)28-21-31-22(29-17-6-7-17)34-14-19(13-26)30-23(34)32-21/h8-9,12,14,17H,6-7,10-11,15H2,1-5H3,(H,27,35)(H2,28,29,30,31,32). The molecule has 14 heteroatoms. The maximum Gasteiger partial charge on any atom is 0.407 e. The number of nitriles is 1. The second kappa shape index (κ2) is 10.9. The molecule has 13 nitrogen and oxygen atoms in total. The number of amides is 1. The molecule has 1 aliphatic rings. The Morgan fingerprint density at radius 2 is 2.00 bits per heavy atom. The summed E-state index contributed by atoms with van der Waals surface area (Å²) in [7, 11) is -1.53. The zero-order valence-corrected chi connectivity index (χ0v) is 23.5. The Morgan fingerprint density at radius 3 is 2.64 bits per heavy atom. The lowest BCUT2D eigenvalue weighted by atomic mass is 10.1. The Hall–Kier alpha value is -4.12. The molecule has 1 aromatic carbocycles. The van der Waals surface area contributed by atoms with Crippen LogP contribution < -0.4 is 20.9 Å². The summed E-state index contributed by atoms with van der Waals surface area (Å²) >= 11 is 0. The van der Waals surface area contributed by atoms with Gasteiger partial charge in [-0.3, -0.25) is 4.40 Å². The van der Waals surface area contributed by atoms with Crippen LogP contribution in [0.5, 0.6) is 0 Å². The molecule has 3 aromatic rings. The summed E-state index contributed by atoms with van der Waals surface area (Å²) in [5, 5.41) is 18.4. The zero-order chi connectivity index (χ0) is 28.4. The normalized spacial score (nSPS) is 13.5. The fraction of sp³-hybridized carbons (Fsp3) is 0.480. The topological polar surface area (TPSA) is 167 Å². The van der Waals surface area contributed by atoms with E-state index in [1.165, 1.54) is 6.26 Å². The largest absolute Gasteiger partial charge is 0.444 e. The van der Waals surface area contributed by atoms with Gasteiger partial charge in [-0.25, -0.2) is 13.2 Å². The average molecular weight is 556 g/mol. The van der Waals surface area contributed by atoms with Crippen LogP contribution in [0, 0.1) is 11.3 Å². The molecular weight excluding hydrogens is 522 g/mol. The van der Waals surface area contributed by atoms with Gasteiger partial charge in [0, 0.05) is 43.8 Å². The molecular formula is C25H33N9O4S. The Labute approximate surface area is 227 Å². The highest BCUT2D eigenvalue weighted by molar-refractivity contribution is 7.89. The maximum atomic E-state index is 12.2. The first-order valence-corrected chi connectivity index (χ1v) is 14.5. The summed E-state index contributed by atoms with van der Waals surface area (Å²) in [5.41, 5.74) is 1.50. The molecule has 2 aromatic heterocycles. The van der Waals surface area contributed by atoms with Gasteiger partial charge in [-0.15, -0.1) is 0 Å². The van der Waals surface area contributed by atoms with Crippen molar-refractivity contribution in [3.63, 3.8) is 0 Å². The van der Waals surface area contributed by atoms with E-state index in [-0.39, 0.29) is 17.4 Å². The van der Waals surface area contributed by atoms with Crippen molar-refractivity contribution in [2.45, 2.75) is 51.0 Å². The van der Waals surface area contributed by atoms with Crippen LogP contribution in [0.15, 0.2) is 24.4 Å². The molecule has 39 heavy (non-hydrogen) atoms. The number of carbonyl (C=O) groups excluding carboxylic acids is 1. The van der Waals surface area contributed by atoms with Crippen LogP contribution in [0.4, 0.5) is 28.1 Å². The molecule has 0 unspecified atom stereocenters. The van der Waals surface area contributed by atoms with Gasteiger partial charge in [0.05, 0.1) is 11.9 Å². The Bertz CT molecular complexity index is 1520. The highest BCUT2D eigenvalue weighted by Crippen LogP contribution is 2.28. The molecule has 3 N–H and O–H groups in total. The van der Waals surface area contributed by atoms with E-state index < -0.39 is 21.5 Å². The van der Waals surface area contributed by atoms with Gasteiger partial charge in [0.15, 0.2) is 15.5 Å². The second-order valence-electron chi connectivity index (χ2n) is 10.6. The van der Waals surface area contributed by atoms with E-state index in [9.17, 15) is 18.5 Å². The van der Waals surface area contributed by atoms with Crippen LogP contribution in [-0.4, -0.2) is 71.9 Å². The smallest absolute Gasteiger partial charge is 0.407 e. The third kappa shape index (κ3) is 7.93. The van der Waals surface area contributed by atoms with E-state index in [1.54, 1.807) is 43.5 Å². The number of fused-ring (bicyclic) bond motifs is 1. The van der Waals surface area contributed by atoms with Gasteiger partial charge < -0.3 is 25.6 Å². The third-order valence-corrected chi connectivity index (χ3v) is 6.47. The van der Waals surface area contributed by atoms with Gasteiger partial charge in [0.2, 0.25) is 17.7 Å². The van der Waals surface area contributed by atoms with Gasteiger partial charge in [-0.1, -0.05) is 0 Å². The number of aromatic nitrogens is 4. The Morgan fingerprint density at radius 1 is 1.26 bits per heavy atom. The van der Waals surface area contributed by atoms with Crippen molar-refractivity contribution in [3.05, 3.63) is 35.7 Å². The van der Waals surface area contributed by atoms with Crippen molar-refractivity contribution in [3.8, 4) is 6.07 Å². The number of benzene rings is 1. The number of nitrogens with zero attached hydrogens (tertiary/aromatic N) is 6. The molecule has 1 fully saturated rings. The lowest BCUT2D eigenvalue weighted by Gasteiger charge is -2.24. The summed E-state index contributed by atoms with van der Waals surface area (Å²) in [6.07, 6.45) is 4.31. The van der Waals surface area contributed by atoms with Gasteiger partial charge in [0.25, 0.3) is 0 Å². The molecule has 208 valence electrons. The predicted octanol–water partition coefficient (Wildman–Crippen LogP) is 2.82. The highest BCUT2D eigenvalue weighted by atomic mass is 32.2. The summed E-state index contributed by atoms with van der Waals surface area (Å²) in [6, 6.07) is 7.67. The first-order chi connectivity index (χ1) is 18.3. The fourth-order valence-electron chi connectivity index (χ4n) is 3.82. The van der Waals surface area contributed by atoms with Crippen molar-refractivity contribution in [2.75, 3.05) is 41.9 Å². The summed E-state index contributed by atoms with van der Waals surface area (Å²) in [5.74, 6) is 0.914. The number of anilines is 4. The fourth-order valence-corrected chi connectivity index (χ4v) is 4.62. The minimum Gasteiger partial charge on any atom is -0.444 e. The molecule has 0 aliphatic heterocycles. The molecule has 0 bridgehead atoms. The summed E-state index contributed by atoms with van der Waals surface area (Å²) < 4.78 is 31.4. The molecule has 0 atom stereocenters. The van der Waals surface area contributed by atoms with E-state index in [4.69, 9.17) is 4.74 Å². The summed E-state index contributed by atoms with van der Waals surface area (Å²) in [6.45, 7) is 6.11. The minimum atomic E-state index is -3.35. The van der Waals surface area contributed by atoms with E-state index in [0.717, 1.165) is 12.8 Å². The lowest BCUT2D eigenvalue weighted by molar-refractivity contribution is 0.0529. The number of nitrogens with one attached hydrogen (secondary N) is 3. The van der Waals surface area contributed by atoms with Crippen molar-refractivity contribution in [2.24, 2.45) is 0 Å². The first kappa shape index (κ1) is 27.9. The molecule has 1 amide bonds. The first-order valence-electron chi connectivity index (χ1n) is 12.5. The number of sulfone groups is 1. The van der Waals surface area contributed by atoms with E-state index in [0.29, 0.717) is 47.8 Å². The van der Waals surface area contributed by atoms with Crippen LogP contribution in [-0.2, 0) is 20.3 Å². The third-order valence-electron chi connectivity index (χ3n) is 5.64. The Kier molecular flexibility index (Phi) is 7.82. The average Bonchev–Trinajstić information content (AvgIpc) is 3.52. The number of imidazole rings is 1. The molecule has 0 radical (unpaired) electrons. The number of hydrogen-bond acceptors (Lipinski definition) is 11. The molecule has 2 heterocycles. The van der Waals surface area contributed by atoms with Crippen LogP contribution >= 0.6 is 0 Å². The number of rotatable bonds is 10. The van der Waals surface area contributed by atoms with Gasteiger partial charge in [0.1, 0.15) is 11.7 Å². The van der Waals surface area contributed by atoms with Gasteiger partial charge >= 0.3 is 6.09 Å². The highest BCUT2D eigenvalue weighted by Gasteiger charge is 2.24. The van der Waals surface area contributed by atoms with Crippen molar-refractivity contribution < 1.29 is 17.9 Å². The quantitative estimate of drug-likeness (QED) is 0.336. The number of likely N-dealkylation sites (N-methyl/N-ethyl adjacent to an activating group) is 1. The molecule has 0 spiro atoms. The van der Waals surface area contributed by atoms with Crippen LogP contribution in [0.2, 0.25) is 0 Å². The Balaban J connectivity index is 1.55. The second-order valence-corrected chi connectivity index (χ2v) is 12.7. The predicted molar refractivity (Wildman–Crippen MR) is 148 cm³/mol. The van der Waals surface area contributed by atoms with Gasteiger partial charge in [-0.2, -0.15) is 20.2 Å². The number of ether oxygens (including phenoxy) is 1. The van der Waals surface area contributed by atoms with Crippen LogP contribution in [0.1, 0.15) is 44.9 Å². The molecule has 4 rings (SSSR count). The maximum absolute atomic E-state index is 12.2. The monoisotopic (exact) mass is 555 g/mol. The van der Waals surface area contributed by atoms with Crippen molar-refractivity contribution in [1.82, 2.24) is 24.7 Å².